The number of nitrogens with one attached hydrogen (secondary N) is 1. The molecule has 4 N–H and O–H groups in total. The smallest absolute Gasteiger partial charge is 0.230 e. The molecule has 1 saturated carbocycles. The van der Waals surface area contributed by atoms with Crippen LogP contribution in [0.5, 0.6) is 5.75 Å². The summed E-state index contributed by atoms with van der Waals surface area (Å²) >= 11 is 6.21. The van der Waals surface area contributed by atoms with Crippen LogP contribution in [0, 0.1) is 0 Å². The first-order chi connectivity index (χ1) is 15.4. The molecule has 1 aromatic carbocycles. The van der Waals surface area contributed by atoms with E-state index in [1.165, 1.54) is 31.7 Å². The third kappa shape index (κ3) is 5.18. The van der Waals surface area contributed by atoms with Crippen molar-refractivity contribution in [3.05, 3.63) is 17.2 Å². The van der Waals surface area contributed by atoms with E-state index in [0.717, 1.165) is 38.8 Å². The molecule has 0 spiro atoms. The van der Waals surface area contributed by atoms with Gasteiger partial charge in [-0.2, -0.15) is 15.0 Å². The lowest BCUT2D eigenvalue weighted by Crippen LogP contribution is -2.42. The SMILES string of the molecule is CN1CCC(N(C)c2nc(NC3CCCCCC3)nc(-c3ccc(O)c(Cl)c3N)n2)CC1. The highest BCUT2D eigenvalue weighted by Gasteiger charge is 2.25. The molecule has 0 bridgehead atoms. The van der Waals surface area contributed by atoms with Crippen molar-refractivity contribution >= 4 is 29.2 Å². The Labute approximate surface area is 195 Å². The molecule has 1 aliphatic heterocycles. The molecule has 0 unspecified atom stereocenters. The lowest BCUT2D eigenvalue weighted by molar-refractivity contribution is 0.252. The number of piperidine rings is 1. The van der Waals surface area contributed by atoms with Crippen molar-refractivity contribution in [3.63, 3.8) is 0 Å². The van der Waals surface area contributed by atoms with Crippen molar-refractivity contribution in [3.8, 4) is 17.1 Å². The normalized spacial score (nSPS) is 19.0. The first kappa shape index (κ1) is 22.9. The number of rotatable bonds is 5. The summed E-state index contributed by atoms with van der Waals surface area (Å²) in [5.41, 5.74) is 7.09. The summed E-state index contributed by atoms with van der Waals surface area (Å²) in [5, 5.41) is 13.6. The third-order valence-electron chi connectivity index (χ3n) is 6.76. The number of nitrogens with two attached hydrogens (primary N) is 1. The minimum atomic E-state index is -0.0533. The number of phenols is 1. The lowest BCUT2D eigenvalue weighted by atomic mass is 10.0. The molecular weight excluding hydrogens is 426 g/mol. The molecule has 1 saturated heterocycles. The predicted octanol–water partition coefficient (Wildman–Crippen LogP) is 4.14. The number of nitrogen functional groups attached to an aromatic ring is 1. The third-order valence-corrected chi connectivity index (χ3v) is 7.16. The minimum absolute atomic E-state index is 0.0533. The van der Waals surface area contributed by atoms with Gasteiger partial charge in [-0.1, -0.05) is 37.3 Å². The van der Waals surface area contributed by atoms with Crippen LogP contribution < -0.4 is 16.0 Å². The number of aromatic hydroxyl groups is 1. The largest absolute Gasteiger partial charge is 0.506 e. The van der Waals surface area contributed by atoms with Gasteiger partial charge in [-0.15, -0.1) is 0 Å². The molecular formula is C23H34ClN7O. The fourth-order valence-corrected chi connectivity index (χ4v) is 4.80. The van der Waals surface area contributed by atoms with Crippen molar-refractivity contribution in [1.82, 2.24) is 19.9 Å². The van der Waals surface area contributed by atoms with E-state index >= 15 is 0 Å². The van der Waals surface area contributed by atoms with E-state index in [1.54, 1.807) is 6.07 Å². The van der Waals surface area contributed by atoms with Crippen LogP contribution in [0.15, 0.2) is 12.1 Å². The molecule has 2 aromatic rings. The number of hydrogen-bond donors (Lipinski definition) is 3. The van der Waals surface area contributed by atoms with Crippen LogP contribution in [0.1, 0.15) is 51.4 Å². The minimum Gasteiger partial charge on any atom is -0.506 e. The van der Waals surface area contributed by atoms with Crippen LogP contribution in [0.2, 0.25) is 5.02 Å². The summed E-state index contributed by atoms with van der Waals surface area (Å²) in [6.45, 7) is 2.11. The topological polar surface area (TPSA) is 103 Å². The van der Waals surface area contributed by atoms with Gasteiger partial charge in [0, 0.05) is 24.7 Å². The zero-order chi connectivity index (χ0) is 22.7. The Morgan fingerprint density at radius 3 is 2.44 bits per heavy atom. The van der Waals surface area contributed by atoms with Crippen LogP contribution in [-0.2, 0) is 0 Å². The molecule has 1 aromatic heterocycles. The van der Waals surface area contributed by atoms with Gasteiger partial charge in [0.2, 0.25) is 11.9 Å². The maximum atomic E-state index is 9.91. The molecule has 0 radical (unpaired) electrons. The van der Waals surface area contributed by atoms with Gasteiger partial charge < -0.3 is 26.0 Å². The van der Waals surface area contributed by atoms with E-state index in [-0.39, 0.29) is 16.5 Å². The Morgan fingerprint density at radius 2 is 1.75 bits per heavy atom. The second-order valence-corrected chi connectivity index (χ2v) is 9.50. The van der Waals surface area contributed by atoms with E-state index in [2.05, 4.69) is 29.2 Å². The Balaban J connectivity index is 1.68. The zero-order valence-electron chi connectivity index (χ0n) is 19.0. The number of anilines is 3. The van der Waals surface area contributed by atoms with E-state index in [9.17, 15) is 5.11 Å². The Bertz CT molecular complexity index is 925. The van der Waals surface area contributed by atoms with Gasteiger partial charge >= 0.3 is 0 Å². The monoisotopic (exact) mass is 459 g/mol. The summed E-state index contributed by atoms with van der Waals surface area (Å²) in [6.07, 6.45) is 9.37. The molecule has 32 heavy (non-hydrogen) atoms. The molecule has 0 atom stereocenters. The van der Waals surface area contributed by atoms with Crippen molar-refractivity contribution in [1.29, 1.82) is 0 Å². The maximum Gasteiger partial charge on any atom is 0.230 e. The highest BCUT2D eigenvalue weighted by atomic mass is 35.5. The second-order valence-electron chi connectivity index (χ2n) is 9.12. The fraction of sp³-hybridized carbons (Fsp3) is 0.609. The number of likely N-dealkylation sites (tertiary alicyclic amines) is 1. The summed E-state index contributed by atoms with van der Waals surface area (Å²) in [7, 11) is 4.21. The molecule has 1 aliphatic carbocycles. The zero-order valence-corrected chi connectivity index (χ0v) is 19.8. The summed E-state index contributed by atoms with van der Waals surface area (Å²) in [5.74, 6) is 1.61. The van der Waals surface area contributed by atoms with Crippen molar-refractivity contribution in [2.75, 3.05) is 43.1 Å². The summed E-state index contributed by atoms with van der Waals surface area (Å²) < 4.78 is 0. The van der Waals surface area contributed by atoms with E-state index in [1.807, 2.05) is 0 Å². The van der Waals surface area contributed by atoms with Crippen molar-refractivity contribution < 1.29 is 5.11 Å². The Morgan fingerprint density at radius 1 is 1.06 bits per heavy atom. The van der Waals surface area contributed by atoms with Crippen molar-refractivity contribution in [2.45, 2.75) is 63.5 Å². The van der Waals surface area contributed by atoms with E-state index in [0.29, 0.717) is 35.4 Å². The van der Waals surface area contributed by atoms with Crippen molar-refractivity contribution in [2.24, 2.45) is 0 Å². The fourth-order valence-electron chi connectivity index (χ4n) is 4.64. The highest BCUT2D eigenvalue weighted by Crippen LogP contribution is 2.37. The molecule has 174 valence electrons. The number of phenolic OH excluding ortho intramolecular Hbond substituents is 1. The number of nitrogens with zero attached hydrogens (tertiary/aromatic N) is 5. The Hall–Kier alpha value is -2.32. The van der Waals surface area contributed by atoms with Gasteiger partial charge in [0.25, 0.3) is 0 Å². The number of benzene rings is 1. The standard InChI is InChI=1S/C23H34ClN7O/c1-30-13-11-16(12-14-30)31(2)23-28-21(17-9-10-18(32)19(24)20(17)25)27-22(29-23)26-15-7-5-3-4-6-8-15/h9-10,15-16,32H,3-8,11-14,25H2,1-2H3,(H,26,27,28,29). The van der Waals surface area contributed by atoms with Crippen LogP contribution in [0.4, 0.5) is 17.6 Å². The predicted molar refractivity (Wildman–Crippen MR) is 130 cm³/mol. The molecule has 9 heteroatoms. The van der Waals surface area contributed by atoms with Gasteiger partial charge in [0.15, 0.2) is 5.82 Å². The van der Waals surface area contributed by atoms with Gasteiger partial charge in [-0.05, 0) is 58.0 Å². The van der Waals surface area contributed by atoms with Crippen LogP contribution in [0.25, 0.3) is 11.4 Å². The Kier molecular flexibility index (Phi) is 7.20. The van der Waals surface area contributed by atoms with Crippen LogP contribution in [-0.4, -0.2) is 64.2 Å². The van der Waals surface area contributed by atoms with Gasteiger partial charge in [-0.25, -0.2) is 0 Å². The van der Waals surface area contributed by atoms with E-state index in [4.69, 9.17) is 32.3 Å². The average Bonchev–Trinajstić information content (AvgIpc) is 3.06. The second kappa shape index (κ2) is 10.1. The number of aromatic nitrogens is 3. The first-order valence-corrected chi connectivity index (χ1v) is 12.0. The lowest BCUT2D eigenvalue weighted by Gasteiger charge is -2.35. The van der Waals surface area contributed by atoms with Gasteiger partial charge in [0.05, 0.1) is 5.69 Å². The molecule has 4 rings (SSSR count). The molecule has 2 aliphatic rings. The maximum absolute atomic E-state index is 9.91. The summed E-state index contributed by atoms with van der Waals surface area (Å²) in [4.78, 5) is 18.8. The van der Waals surface area contributed by atoms with Crippen LogP contribution in [0.3, 0.4) is 0 Å². The van der Waals surface area contributed by atoms with E-state index < -0.39 is 0 Å². The first-order valence-electron chi connectivity index (χ1n) is 11.6. The molecule has 0 amide bonds. The highest BCUT2D eigenvalue weighted by molar-refractivity contribution is 6.35. The summed E-state index contributed by atoms with van der Waals surface area (Å²) in [6, 6.07) is 3.96. The average molecular weight is 460 g/mol. The van der Waals surface area contributed by atoms with Crippen LogP contribution >= 0.6 is 11.6 Å². The number of hydrogen-bond acceptors (Lipinski definition) is 8. The number of halogens is 1. The molecule has 2 heterocycles. The van der Waals surface area contributed by atoms with Gasteiger partial charge in [0.1, 0.15) is 10.8 Å². The molecule has 2 fully saturated rings. The molecule has 8 nitrogen and oxygen atoms in total. The van der Waals surface area contributed by atoms with Gasteiger partial charge in [-0.3, -0.25) is 0 Å². The quantitative estimate of drug-likeness (QED) is 0.452.